The molecule has 0 spiro atoms. The van der Waals surface area contributed by atoms with Crippen molar-refractivity contribution in [3.63, 3.8) is 0 Å². The molecule has 7 nitrogen and oxygen atoms in total. The van der Waals surface area contributed by atoms with Gasteiger partial charge in [-0.1, -0.05) is 24.3 Å². The van der Waals surface area contributed by atoms with Gasteiger partial charge in [0.05, 0.1) is 5.56 Å². The summed E-state index contributed by atoms with van der Waals surface area (Å²) >= 11 is 0. The van der Waals surface area contributed by atoms with Gasteiger partial charge < -0.3 is 20.9 Å². The predicted octanol–water partition coefficient (Wildman–Crippen LogP) is 5.27. The van der Waals surface area contributed by atoms with E-state index in [1.54, 1.807) is 12.3 Å². The predicted molar refractivity (Wildman–Crippen MR) is 132 cm³/mol. The van der Waals surface area contributed by atoms with Gasteiger partial charge in [0, 0.05) is 37.2 Å². The minimum Gasteiger partial charge on any atom is -0.365 e. The summed E-state index contributed by atoms with van der Waals surface area (Å²) in [6.45, 7) is 4.05. The fourth-order valence-electron chi connectivity index (χ4n) is 3.95. The molecule has 3 N–H and O–H groups in total. The zero-order chi connectivity index (χ0) is 23.0. The van der Waals surface area contributed by atoms with Crippen molar-refractivity contribution >= 4 is 29.1 Å². The van der Waals surface area contributed by atoms with Gasteiger partial charge in [0.1, 0.15) is 5.82 Å². The van der Waals surface area contributed by atoms with Crippen molar-refractivity contribution in [1.29, 1.82) is 0 Å². The standard InChI is InChI=1S/C26H29N5O2/c1-19-8-5-10-21(16-19)29-26(33)30-22-11-6-9-20(17-22)18-28-24-23(12-7-13-27-24)25(32)31-14-3-2-4-15-31/h5-13,16-17H,2-4,14-15,18H2,1H3,(H,27,28)(H2,29,30,33). The summed E-state index contributed by atoms with van der Waals surface area (Å²) in [7, 11) is 0. The van der Waals surface area contributed by atoms with Gasteiger partial charge in [-0.2, -0.15) is 0 Å². The van der Waals surface area contributed by atoms with E-state index >= 15 is 0 Å². The molecular formula is C26H29N5O2. The van der Waals surface area contributed by atoms with Crippen molar-refractivity contribution in [2.75, 3.05) is 29.0 Å². The van der Waals surface area contributed by atoms with Gasteiger partial charge in [-0.25, -0.2) is 9.78 Å². The summed E-state index contributed by atoms with van der Waals surface area (Å²) in [6.07, 6.45) is 4.95. The summed E-state index contributed by atoms with van der Waals surface area (Å²) in [6, 6.07) is 18.5. The fraction of sp³-hybridized carbons (Fsp3) is 0.269. The normalized spacial score (nSPS) is 13.3. The summed E-state index contributed by atoms with van der Waals surface area (Å²) in [4.78, 5) is 31.6. The van der Waals surface area contributed by atoms with Crippen LogP contribution < -0.4 is 16.0 Å². The van der Waals surface area contributed by atoms with Crippen LogP contribution in [0.15, 0.2) is 66.9 Å². The average molecular weight is 444 g/mol. The molecule has 2 aromatic carbocycles. The molecule has 4 rings (SSSR count). The largest absolute Gasteiger partial charge is 0.365 e. The molecule has 170 valence electrons. The molecule has 0 atom stereocenters. The van der Waals surface area contributed by atoms with E-state index in [1.165, 1.54) is 6.42 Å². The van der Waals surface area contributed by atoms with Crippen LogP contribution in [0.1, 0.15) is 40.7 Å². The van der Waals surface area contributed by atoms with Crippen LogP contribution >= 0.6 is 0 Å². The Bertz CT molecular complexity index is 1120. The molecule has 0 radical (unpaired) electrons. The summed E-state index contributed by atoms with van der Waals surface area (Å²) in [5, 5.41) is 9.00. The second kappa shape index (κ2) is 10.6. The van der Waals surface area contributed by atoms with E-state index in [9.17, 15) is 9.59 Å². The molecule has 1 saturated heterocycles. The molecule has 1 aliphatic rings. The second-order valence-corrected chi connectivity index (χ2v) is 8.25. The highest BCUT2D eigenvalue weighted by atomic mass is 16.2. The minimum atomic E-state index is -0.301. The number of benzene rings is 2. The van der Waals surface area contributed by atoms with Crippen molar-refractivity contribution < 1.29 is 9.59 Å². The molecule has 1 fully saturated rings. The third-order valence-electron chi connectivity index (χ3n) is 5.60. The lowest BCUT2D eigenvalue weighted by Gasteiger charge is -2.27. The molecule has 0 aliphatic carbocycles. The lowest BCUT2D eigenvalue weighted by molar-refractivity contribution is 0.0725. The van der Waals surface area contributed by atoms with Gasteiger partial charge in [-0.3, -0.25) is 4.79 Å². The number of amides is 3. The van der Waals surface area contributed by atoms with Crippen LogP contribution in [-0.4, -0.2) is 34.9 Å². The van der Waals surface area contributed by atoms with Crippen LogP contribution in [0.25, 0.3) is 0 Å². The molecule has 0 unspecified atom stereocenters. The summed E-state index contributed by atoms with van der Waals surface area (Å²) in [5.41, 5.74) is 4.06. The summed E-state index contributed by atoms with van der Waals surface area (Å²) in [5.74, 6) is 0.595. The van der Waals surface area contributed by atoms with Crippen LogP contribution in [0, 0.1) is 6.92 Å². The van der Waals surface area contributed by atoms with Gasteiger partial charge in [-0.15, -0.1) is 0 Å². The molecule has 3 aromatic rings. The summed E-state index contributed by atoms with van der Waals surface area (Å²) < 4.78 is 0. The number of carbonyl (C=O) groups is 2. The van der Waals surface area contributed by atoms with Crippen LogP contribution in [0.4, 0.5) is 22.0 Å². The zero-order valence-electron chi connectivity index (χ0n) is 18.8. The van der Waals surface area contributed by atoms with E-state index in [0.29, 0.717) is 23.6 Å². The Balaban J connectivity index is 1.38. The van der Waals surface area contributed by atoms with Gasteiger partial charge in [-0.05, 0) is 73.7 Å². The number of rotatable bonds is 6. The van der Waals surface area contributed by atoms with Crippen molar-refractivity contribution in [1.82, 2.24) is 9.88 Å². The topological polar surface area (TPSA) is 86.4 Å². The van der Waals surface area contributed by atoms with Gasteiger partial charge in [0.15, 0.2) is 0 Å². The first-order valence-corrected chi connectivity index (χ1v) is 11.3. The van der Waals surface area contributed by atoms with Crippen molar-refractivity contribution in [2.45, 2.75) is 32.7 Å². The van der Waals surface area contributed by atoms with E-state index in [2.05, 4.69) is 20.9 Å². The number of anilines is 3. The monoisotopic (exact) mass is 443 g/mol. The Morgan fingerprint density at radius 1 is 0.909 bits per heavy atom. The van der Waals surface area contributed by atoms with E-state index < -0.39 is 0 Å². The number of hydrogen-bond donors (Lipinski definition) is 3. The number of aryl methyl sites for hydroxylation is 1. The van der Waals surface area contributed by atoms with E-state index in [1.807, 2.05) is 66.4 Å². The molecule has 3 amide bonds. The Hall–Kier alpha value is -3.87. The number of carbonyl (C=O) groups excluding carboxylic acids is 2. The van der Waals surface area contributed by atoms with E-state index in [-0.39, 0.29) is 11.9 Å². The maximum absolute atomic E-state index is 13.0. The molecule has 0 bridgehead atoms. The highest BCUT2D eigenvalue weighted by Gasteiger charge is 2.21. The number of piperidine rings is 1. The lowest BCUT2D eigenvalue weighted by atomic mass is 10.1. The third kappa shape index (κ3) is 6.10. The minimum absolute atomic E-state index is 0.0218. The van der Waals surface area contributed by atoms with Gasteiger partial charge >= 0.3 is 6.03 Å². The first kappa shape index (κ1) is 22.3. The maximum atomic E-state index is 13.0. The van der Waals surface area contributed by atoms with Crippen molar-refractivity contribution in [3.8, 4) is 0 Å². The van der Waals surface area contributed by atoms with Crippen molar-refractivity contribution in [2.24, 2.45) is 0 Å². The second-order valence-electron chi connectivity index (χ2n) is 8.25. The van der Waals surface area contributed by atoms with E-state index in [0.717, 1.165) is 42.7 Å². The number of nitrogens with one attached hydrogen (secondary N) is 3. The molecular weight excluding hydrogens is 414 g/mol. The SMILES string of the molecule is Cc1cccc(NC(=O)Nc2cccc(CNc3ncccc3C(=O)N3CCCCC3)c2)c1. The van der Waals surface area contributed by atoms with E-state index in [4.69, 9.17) is 0 Å². The fourth-order valence-corrected chi connectivity index (χ4v) is 3.95. The van der Waals surface area contributed by atoms with Crippen LogP contribution in [0.3, 0.4) is 0 Å². The third-order valence-corrected chi connectivity index (χ3v) is 5.60. The first-order chi connectivity index (χ1) is 16.1. The van der Waals surface area contributed by atoms with Crippen LogP contribution in [0.5, 0.6) is 0 Å². The Morgan fingerprint density at radius 2 is 1.64 bits per heavy atom. The molecule has 1 aromatic heterocycles. The number of pyridine rings is 1. The average Bonchev–Trinajstić information content (AvgIpc) is 2.83. The zero-order valence-corrected chi connectivity index (χ0v) is 18.8. The molecule has 2 heterocycles. The highest BCUT2D eigenvalue weighted by Crippen LogP contribution is 2.20. The van der Waals surface area contributed by atoms with Gasteiger partial charge in [0.2, 0.25) is 0 Å². The number of urea groups is 1. The Labute approximate surface area is 194 Å². The van der Waals surface area contributed by atoms with Crippen molar-refractivity contribution in [3.05, 3.63) is 83.6 Å². The lowest BCUT2D eigenvalue weighted by Crippen LogP contribution is -2.36. The molecule has 7 heteroatoms. The Morgan fingerprint density at radius 3 is 2.39 bits per heavy atom. The molecule has 33 heavy (non-hydrogen) atoms. The molecule has 1 aliphatic heterocycles. The quantitative estimate of drug-likeness (QED) is 0.484. The number of aromatic nitrogens is 1. The smallest absolute Gasteiger partial charge is 0.323 e. The number of likely N-dealkylation sites (tertiary alicyclic amines) is 1. The highest BCUT2D eigenvalue weighted by molar-refractivity contribution is 6.00. The number of hydrogen-bond acceptors (Lipinski definition) is 4. The molecule has 0 saturated carbocycles. The first-order valence-electron chi connectivity index (χ1n) is 11.3. The van der Waals surface area contributed by atoms with Crippen LogP contribution in [-0.2, 0) is 6.54 Å². The van der Waals surface area contributed by atoms with Gasteiger partial charge in [0.25, 0.3) is 5.91 Å². The number of nitrogens with zero attached hydrogens (tertiary/aromatic N) is 2. The maximum Gasteiger partial charge on any atom is 0.323 e. The van der Waals surface area contributed by atoms with Crippen LogP contribution in [0.2, 0.25) is 0 Å². The Kier molecular flexibility index (Phi) is 7.19.